The average Bonchev–Trinajstić information content (AvgIpc) is 2.91. The SMILES string of the molecule is O=C(c1cncc(F)c1)N1CCCN(Cc2cccs2)CC1. The first-order valence-corrected chi connectivity index (χ1v) is 8.25. The van der Waals surface area contributed by atoms with Gasteiger partial charge in [-0.1, -0.05) is 6.07 Å². The van der Waals surface area contributed by atoms with E-state index in [-0.39, 0.29) is 5.91 Å². The third-order valence-corrected chi connectivity index (χ3v) is 4.65. The summed E-state index contributed by atoms with van der Waals surface area (Å²) in [6, 6.07) is 5.45. The van der Waals surface area contributed by atoms with Gasteiger partial charge in [0.15, 0.2) is 0 Å². The lowest BCUT2D eigenvalue weighted by Gasteiger charge is -2.21. The first-order chi connectivity index (χ1) is 10.7. The molecule has 0 atom stereocenters. The van der Waals surface area contributed by atoms with Crippen LogP contribution >= 0.6 is 11.3 Å². The molecule has 3 heterocycles. The third kappa shape index (κ3) is 3.69. The van der Waals surface area contributed by atoms with Crippen molar-refractivity contribution in [3.05, 3.63) is 52.2 Å². The summed E-state index contributed by atoms with van der Waals surface area (Å²) in [6.45, 7) is 4.12. The van der Waals surface area contributed by atoms with E-state index in [0.717, 1.165) is 32.3 Å². The highest BCUT2D eigenvalue weighted by atomic mass is 32.1. The van der Waals surface area contributed by atoms with Crippen molar-refractivity contribution < 1.29 is 9.18 Å². The summed E-state index contributed by atoms with van der Waals surface area (Å²) in [7, 11) is 0. The van der Waals surface area contributed by atoms with Gasteiger partial charge < -0.3 is 4.90 Å². The van der Waals surface area contributed by atoms with Gasteiger partial charge in [-0.3, -0.25) is 14.7 Å². The van der Waals surface area contributed by atoms with Gasteiger partial charge in [0.25, 0.3) is 5.91 Å². The number of hydrogen-bond acceptors (Lipinski definition) is 4. The van der Waals surface area contributed by atoms with Crippen LogP contribution in [0.25, 0.3) is 0 Å². The van der Waals surface area contributed by atoms with Crippen LogP contribution in [0.3, 0.4) is 0 Å². The zero-order valence-electron chi connectivity index (χ0n) is 12.2. The lowest BCUT2D eigenvalue weighted by molar-refractivity contribution is 0.0760. The van der Waals surface area contributed by atoms with Gasteiger partial charge in [0.2, 0.25) is 0 Å². The minimum Gasteiger partial charge on any atom is -0.337 e. The number of carbonyl (C=O) groups excluding carboxylic acids is 1. The van der Waals surface area contributed by atoms with Crippen molar-refractivity contribution in [1.29, 1.82) is 0 Å². The Bertz CT molecular complexity index is 632. The first kappa shape index (κ1) is 15.1. The molecule has 2 aromatic heterocycles. The molecular weight excluding hydrogens is 301 g/mol. The molecule has 0 unspecified atom stereocenters. The number of amides is 1. The maximum absolute atomic E-state index is 13.2. The molecule has 0 saturated carbocycles. The number of thiophene rings is 1. The van der Waals surface area contributed by atoms with Crippen molar-refractivity contribution in [2.45, 2.75) is 13.0 Å². The molecule has 2 aromatic rings. The van der Waals surface area contributed by atoms with Crippen molar-refractivity contribution in [2.75, 3.05) is 26.2 Å². The van der Waals surface area contributed by atoms with Crippen LogP contribution < -0.4 is 0 Å². The highest BCUT2D eigenvalue weighted by Crippen LogP contribution is 2.15. The van der Waals surface area contributed by atoms with Crippen molar-refractivity contribution in [3.63, 3.8) is 0 Å². The molecule has 1 saturated heterocycles. The van der Waals surface area contributed by atoms with Crippen LogP contribution in [0.15, 0.2) is 36.0 Å². The highest BCUT2D eigenvalue weighted by Gasteiger charge is 2.21. The predicted molar refractivity (Wildman–Crippen MR) is 84.3 cm³/mol. The zero-order chi connectivity index (χ0) is 15.4. The van der Waals surface area contributed by atoms with Gasteiger partial charge in [0, 0.05) is 43.8 Å². The molecule has 1 aliphatic rings. The van der Waals surface area contributed by atoms with Crippen LogP contribution in [0, 0.1) is 5.82 Å². The topological polar surface area (TPSA) is 36.4 Å². The van der Waals surface area contributed by atoms with Crippen molar-refractivity contribution >= 4 is 17.2 Å². The van der Waals surface area contributed by atoms with E-state index in [0.29, 0.717) is 18.7 Å². The fraction of sp³-hybridized carbons (Fsp3) is 0.375. The lowest BCUT2D eigenvalue weighted by Crippen LogP contribution is -2.35. The molecule has 1 aliphatic heterocycles. The number of aromatic nitrogens is 1. The Labute approximate surface area is 133 Å². The number of nitrogens with zero attached hydrogens (tertiary/aromatic N) is 3. The summed E-state index contributed by atoms with van der Waals surface area (Å²) in [4.78, 5) is 21.7. The molecule has 116 valence electrons. The molecule has 0 radical (unpaired) electrons. The Morgan fingerprint density at radius 1 is 1.27 bits per heavy atom. The third-order valence-electron chi connectivity index (χ3n) is 3.79. The van der Waals surface area contributed by atoms with Gasteiger partial charge in [-0.25, -0.2) is 4.39 Å². The molecule has 1 amide bonds. The van der Waals surface area contributed by atoms with Crippen LogP contribution in [0.4, 0.5) is 4.39 Å². The molecule has 3 rings (SSSR count). The molecule has 0 spiro atoms. The van der Waals surface area contributed by atoms with Crippen molar-refractivity contribution in [1.82, 2.24) is 14.8 Å². The second-order valence-electron chi connectivity index (χ2n) is 5.39. The largest absolute Gasteiger partial charge is 0.337 e. The van der Waals surface area contributed by atoms with Crippen LogP contribution in [0.5, 0.6) is 0 Å². The van der Waals surface area contributed by atoms with Gasteiger partial charge in [0.05, 0.1) is 11.8 Å². The van der Waals surface area contributed by atoms with Crippen LogP contribution in [-0.2, 0) is 6.54 Å². The summed E-state index contributed by atoms with van der Waals surface area (Å²) < 4.78 is 13.2. The first-order valence-electron chi connectivity index (χ1n) is 7.37. The quantitative estimate of drug-likeness (QED) is 0.872. The minimum atomic E-state index is -0.472. The summed E-state index contributed by atoms with van der Waals surface area (Å²) in [5.41, 5.74) is 0.326. The van der Waals surface area contributed by atoms with Gasteiger partial charge in [-0.2, -0.15) is 0 Å². The molecule has 6 heteroatoms. The number of hydrogen-bond donors (Lipinski definition) is 0. The molecular formula is C16H18FN3OS. The van der Waals surface area contributed by atoms with E-state index in [1.54, 1.807) is 16.2 Å². The molecule has 0 bridgehead atoms. The standard InChI is InChI=1S/C16H18FN3OS/c17-14-9-13(10-18-11-14)16(21)20-5-2-4-19(6-7-20)12-15-3-1-8-22-15/h1,3,8-11H,2,4-7,12H2. The monoisotopic (exact) mass is 319 g/mol. The van der Waals surface area contributed by atoms with E-state index in [4.69, 9.17) is 0 Å². The van der Waals surface area contributed by atoms with Gasteiger partial charge in [-0.05, 0) is 23.9 Å². The van der Waals surface area contributed by atoms with E-state index in [1.165, 1.54) is 17.1 Å². The normalized spacial score (nSPS) is 16.5. The fourth-order valence-corrected chi connectivity index (χ4v) is 3.41. The Balaban J connectivity index is 1.61. The molecule has 0 aromatic carbocycles. The van der Waals surface area contributed by atoms with E-state index in [1.807, 2.05) is 0 Å². The van der Waals surface area contributed by atoms with Gasteiger partial charge in [0.1, 0.15) is 5.82 Å². The van der Waals surface area contributed by atoms with E-state index in [2.05, 4.69) is 27.4 Å². The Kier molecular flexibility index (Phi) is 4.80. The summed E-state index contributed by atoms with van der Waals surface area (Å²) in [6.07, 6.45) is 3.47. The second-order valence-corrected chi connectivity index (χ2v) is 6.43. The van der Waals surface area contributed by atoms with Gasteiger partial charge in [-0.15, -0.1) is 11.3 Å². The van der Waals surface area contributed by atoms with Crippen LogP contribution in [0.2, 0.25) is 0 Å². The molecule has 1 fully saturated rings. The number of pyridine rings is 1. The Morgan fingerprint density at radius 3 is 2.95 bits per heavy atom. The second kappa shape index (κ2) is 6.98. The van der Waals surface area contributed by atoms with E-state index < -0.39 is 5.82 Å². The number of halogens is 1. The molecule has 4 nitrogen and oxygen atoms in total. The predicted octanol–water partition coefficient (Wildman–Crippen LogP) is 2.63. The lowest BCUT2D eigenvalue weighted by atomic mass is 10.2. The maximum atomic E-state index is 13.2. The molecule has 0 aliphatic carbocycles. The summed E-state index contributed by atoms with van der Waals surface area (Å²) >= 11 is 1.76. The van der Waals surface area contributed by atoms with Gasteiger partial charge >= 0.3 is 0 Å². The smallest absolute Gasteiger partial charge is 0.255 e. The number of rotatable bonds is 3. The van der Waals surface area contributed by atoms with Crippen molar-refractivity contribution in [2.24, 2.45) is 0 Å². The zero-order valence-corrected chi connectivity index (χ0v) is 13.1. The fourth-order valence-electron chi connectivity index (χ4n) is 2.67. The number of carbonyl (C=O) groups is 1. The highest BCUT2D eigenvalue weighted by molar-refractivity contribution is 7.09. The minimum absolute atomic E-state index is 0.134. The summed E-state index contributed by atoms with van der Waals surface area (Å²) in [5, 5.41) is 2.08. The van der Waals surface area contributed by atoms with E-state index in [9.17, 15) is 9.18 Å². The maximum Gasteiger partial charge on any atom is 0.255 e. The summed E-state index contributed by atoms with van der Waals surface area (Å²) in [5.74, 6) is -0.607. The Morgan fingerprint density at radius 2 is 2.18 bits per heavy atom. The van der Waals surface area contributed by atoms with Crippen LogP contribution in [-0.4, -0.2) is 46.9 Å². The Hall–Kier alpha value is -1.79. The average molecular weight is 319 g/mol. The molecule has 0 N–H and O–H groups in total. The van der Waals surface area contributed by atoms with Crippen LogP contribution in [0.1, 0.15) is 21.7 Å². The molecule has 22 heavy (non-hydrogen) atoms. The van der Waals surface area contributed by atoms with E-state index >= 15 is 0 Å². The van der Waals surface area contributed by atoms with Crippen molar-refractivity contribution in [3.8, 4) is 0 Å².